The molecule has 1 amide bonds. The van der Waals surface area contributed by atoms with Crippen molar-refractivity contribution in [2.45, 2.75) is 90.0 Å². The predicted octanol–water partition coefficient (Wildman–Crippen LogP) is 5.47. The Morgan fingerprint density at radius 2 is 1.27 bits per heavy atom. The third-order valence-electron chi connectivity index (χ3n) is 4.55. The highest BCUT2D eigenvalue weighted by molar-refractivity contribution is 5.83. The number of amides is 1. The summed E-state index contributed by atoms with van der Waals surface area (Å²) in [6, 6.07) is -1.21. The normalized spacial score (nSPS) is 13.1. The van der Waals surface area contributed by atoms with E-state index in [2.05, 4.69) is 60.8 Å². The molecule has 0 aromatic carbocycles. The zero-order chi connectivity index (χ0) is 22.3. The number of carbonyl (C=O) groups is 2. The van der Waals surface area contributed by atoms with E-state index in [0.29, 0.717) is 6.42 Å². The summed E-state index contributed by atoms with van der Waals surface area (Å²) in [6.07, 6.45) is 29.5. The molecule has 0 aromatic heterocycles. The molecule has 5 heteroatoms. The first kappa shape index (κ1) is 27.9. The lowest BCUT2D eigenvalue weighted by atomic mass is 10.1. The van der Waals surface area contributed by atoms with Crippen LogP contribution >= 0.6 is 0 Å². The van der Waals surface area contributed by atoms with Crippen LogP contribution in [-0.2, 0) is 9.59 Å². The summed E-state index contributed by atoms with van der Waals surface area (Å²) < 4.78 is 0. The number of carboxylic acid groups (broad SMARTS) is 1. The van der Waals surface area contributed by atoms with Gasteiger partial charge in [-0.3, -0.25) is 4.79 Å². The van der Waals surface area contributed by atoms with Crippen molar-refractivity contribution in [3.8, 4) is 0 Å². The number of hydrogen-bond acceptors (Lipinski definition) is 3. The Hall–Kier alpha value is -2.14. The molecule has 0 bridgehead atoms. The van der Waals surface area contributed by atoms with Crippen LogP contribution in [0.2, 0.25) is 0 Å². The van der Waals surface area contributed by atoms with Crippen molar-refractivity contribution >= 4 is 11.9 Å². The van der Waals surface area contributed by atoms with Gasteiger partial charge in [-0.1, -0.05) is 74.8 Å². The van der Waals surface area contributed by atoms with E-state index in [1.54, 1.807) is 0 Å². The van der Waals surface area contributed by atoms with Crippen molar-refractivity contribution in [3.05, 3.63) is 48.6 Å². The first-order valence-electron chi connectivity index (χ1n) is 11.3. The quantitative estimate of drug-likeness (QED) is 0.191. The minimum absolute atomic E-state index is 0.290. The number of nitrogens with one attached hydrogen (secondary N) is 1. The van der Waals surface area contributed by atoms with Gasteiger partial charge in [-0.2, -0.15) is 0 Å². The largest absolute Gasteiger partial charge is 0.480 e. The van der Waals surface area contributed by atoms with Gasteiger partial charge in [-0.25, -0.2) is 4.79 Å². The Balaban J connectivity index is 3.55. The van der Waals surface area contributed by atoms with E-state index in [0.717, 1.165) is 44.9 Å². The molecule has 0 saturated carbocycles. The highest BCUT2D eigenvalue weighted by Gasteiger charge is 2.17. The molecule has 0 aliphatic rings. The van der Waals surface area contributed by atoms with Crippen molar-refractivity contribution in [2.75, 3.05) is 6.61 Å². The number of aliphatic hydroxyl groups excluding tert-OH is 1. The number of aliphatic hydroxyl groups is 1. The summed E-state index contributed by atoms with van der Waals surface area (Å²) in [7, 11) is 0. The molecule has 1 atom stereocenters. The van der Waals surface area contributed by atoms with Crippen LogP contribution < -0.4 is 5.32 Å². The monoisotopic (exact) mass is 419 g/mol. The third-order valence-corrected chi connectivity index (χ3v) is 4.55. The van der Waals surface area contributed by atoms with Crippen LogP contribution in [0.15, 0.2) is 48.6 Å². The number of carbonyl (C=O) groups excluding carboxylic acids is 1. The average Bonchev–Trinajstić information content (AvgIpc) is 2.73. The van der Waals surface area contributed by atoms with E-state index in [1.165, 1.54) is 25.7 Å². The van der Waals surface area contributed by atoms with Crippen molar-refractivity contribution < 1.29 is 19.8 Å². The van der Waals surface area contributed by atoms with Crippen molar-refractivity contribution in [1.82, 2.24) is 5.32 Å². The average molecular weight is 420 g/mol. The standard InChI is InChI=1S/C25H41NO4/c1-2-3-4-5-6-7-8-9-10-11-12-13-14-15-16-17-18-19-20-21-24(28)26-23(22-27)25(29)30/h6-7,9-10,12-13,15-16,23,27H,2-5,8,11,14,17-22H2,1H3,(H,26,28)(H,29,30)/b7-6-,10-9-,13-12-,16-15-/t23-/m0/s1. The molecular formula is C25H41NO4. The van der Waals surface area contributed by atoms with Crippen LogP contribution in [0.4, 0.5) is 0 Å². The molecule has 3 N–H and O–H groups in total. The fourth-order valence-corrected chi connectivity index (χ4v) is 2.74. The Kier molecular flexibility index (Phi) is 20.0. The van der Waals surface area contributed by atoms with Crippen LogP contribution in [0.25, 0.3) is 0 Å². The van der Waals surface area contributed by atoms with Crippen LogP contribution in [0.5, 0.6) is 0 Å². The molecule has 0 fully saturated rings. The highest BCUT2D eigenvalue weighted by atomic mass is 16.4. The number of aliphatic carboxylic acids is 1. The van der Waals surface area contributed by atoms with Crippen LogP contribution in [0, 0.1) is 0 Å². The summed E-state index contributed by atoms with van der Waals surface area (Å²) >= 11 is 0. The molecule has 0 saturated heterocycles. The third kappa shape index (κ3) is 19.2. The summed E-state index contributed by atoms with van der Waals surface area (Å²) in [4.78, 5) is 22.3. The molecule has 5 nitrogen and oxygen atoms in total. The van der Waals surface area contributed by atoms with Crippen molar-refractivity contribution in [2.24, 2.45) is 0 Å². The summed E-state index contributed by atoms with van der Waals surface area (Å²) in [5.41, 5.74) is 0. The van der Waals surface area contributed by atoms with Gasteiger partial charge in [0.25, 0.3) is 0 Å². The van der Waals surface area contributed by atoms with Gasteiger partial charge in [0, 0.05) is 6.42 Å². The maximum atomic E-state index is 11.6. The van der Waals surface area contributed by atoms with Crippen LogP contribution in [0.3, 0.4) is 0 Å². The highest BCUT2D eigenvalue weighted by Crippen LogP contribution is 2.05. The van der Waals surface area contributed by atoms with Crippen molar-refractivity contribution in [3.63, 3.8) is 0 Å². The SMILES string of the molecule is CCCCC/C=C\C/C=C\C/C=C\C/C=C\CCCCCC(=O)N[C@@H](CO)C(=O)O. The molecule has 0 aromatic rings. The fourth-order valence-electron chi connectivity index (χ4n) is 2.74. The summed E-state index contributed by atoms with van der Waals surface area (Å²) in [5, 5.41) is 19.9. The van der Waals surface area contributed by atoms with Gasteiger partial charge in [0.05, 0.1) is 6.61 Å². The number of hydrogen-bond donors (Lipinski definition) is 3. The first-order valence-corrected chi connectivity index (χ1v) is 11.3. The molecule has 0 radical (unpaired) electrons. The molecule has 30 heavy (non-hydrogen) atoms. The lowest BCUT2D eigenvalue weighted by molar-refractivity contribution is -0.142. The molecule has 0 aliphatic carbocycles. The van der Waals surface area contributed by atoms with E-state index in [-0.39, 0.29) is 5.91 Å². The Labute approximate surface area is 182 Å². The Morgan fingerprint density at radius 1 is 0.767 bits per heavy atom. The number of unbranched alkanes of at least 4 members (excludes halogenated alkanes) is 6. The molecule has 170 valence electrons. The van der Waals surface area contributed by atoms with E-state index in [1.807, 2.05) is 0 Å². The molecule has 0 heterocycles. The lowest BCUT2D eigenvalue weighted by Crippen LogP contribution is -2.43. The van der Waals surface area contributed by atoms with Crippen LogP contribution in [-0.4, -0.2) is 34.7 Å². The van der Waals surface area contributed by atoms with Gasteiger partial charge in [0.2, 0.25) is 5.91 Å². The zero-order valence-corrected chi connectivity index (χ0v) is 18.6. The topological polar surface area (TPSA) is 86.6 Å². The minimum atomic E-state index is -1.22. The van der Waals surface area contributed by atoms with E-state index >= 15 is 0 Å². The molecule has 0 rings (SSSR count). The van der Waals surface area contributed by atoms with Gasteiger partial charge in [-0.05, 0) is 51.4 Å². The first-order chi connectivity index (χ1) is 14.6. The lowest BCUT2D eigenvalue weighted by Gasteiger charge is -2.11. The van der Waals surface area contributed by atoms with E-state index in [4.69, 9.17) is 10.2 Å². The second kappa shape index (κ2) is 21.6. The minimum Gasteiger partial charge on any atom is -0.480 e. The van der Waals surface area contributed by atoms with Gasteiger partial charge in [-0.15, -0.1) is 0 Å². The number of carboxylic acids is 1. The Bertz CT molecular complexity index is 549. The number of rotatable bonds is 19. The van der Waals surface area contributed by atoms with E-state index in [9.17, 15) is 9.59 Å². The Morgan fingerprint density at radius 3 is 1.73 bits per heavy atom. The molecule has 0 spiro atoms. The maximum absolute atomic E-state index is 11.6. The molecular weight excluding hydrogens is 378 g/mol. The predicted molar refractivity (Wildman–Crippen MR) is 124 cm³/mol. The maximum Gasteiger partial charge on any atom is 0.328 e. The molecule has 0 unspecified atom stereocenters. The van der Waals surface area contributed by atoms with Gasteiger partial charge in [0.1, 0.15) is 6.04 Å². The van der Waals surface area contributed by atoms with Crippen LogP contribution in [0.1, 0.15) is 84.0 Å². The fraction of sp³-hybridized carbons (Fsp3) is 0.600. The summed E-state index contributed by atoms with van der Waals surface area (Å²) in [5.74, 6) is -1.54. The zero-order valence-electron chi connectivity index (χ0n) is 18.6. The molecule has 0 aliphatic heterocycles. The second-order valence-electron chi connectivity index (χ2n) is 7.33. The number of allylic oxidation sites excluding steroid dienone is 8. The van der Waals surface area contributed by atoms with Gasteiger partial charge >= 0.3 is 5.97 Å². The van der Waals surface area contributed by atoms with E-state index < -0.39 is 18.6 Å². The van der Waals surface area contributed by atoms with Gasteiger partial charge in [0.15, 0.2) is 0 Å². The second-order valence-corrected chi connectivity index (χ2v) is 7.33. The van der Waals surface area contributed by atoms with Gasteiger partial charge < -0.3 is 15.5 Å². The smallest absolute Gasteiger partial charge is 0.328 e. The summed E-state index contributed by atoms with van der Waals surface area (Å²) in [6.45, 7) is 1.64. The van der Waals surface area contributed by atoms with Crippen molar-refractivity contribution in [1.29, 1.82) is 0 Å².